The van der Waals surface area contributed by atoms with Crippen LogP contribution in [-0.2, 0) is 0 Å². The smallest absolute Gasteiger partial charge is 0.268 e. The van der Waals surface area contributed by atoms with Gasteiger partial charge in [0.05, 0.1) is 0 Å². The molecule has 0 saturated heterocycles. The summed E-state index contributed by atoms with van der Waals surface area (Å²) in [4.78, 5) is 9.10. The van der Waals surface area contributed by atoms with E-state index in [1.807, 2.05) is 0 Å². The van der Waals surface area contributed by atoms with Crippen LogP contribution >= 0.6 is 0 Å². The van der Waals surface area contributed by atoms with E-state index in [9.17, 15) is 0 Å². The Bertz CT molecular complexity index is 816. The fourth-order valence-corrected chi connectivity index (χ4v) is 13.3. The number of nitrogens with one attached hydrogen (secondary N) is 2. The van der Waals surface area contributed by atoms with Crippen molar-refractivity contribution in [1.82, 2.24) is 9.96 Å². The van der Waals surface area contributed by atoms with E-state index >= 15 is 0 Å². The minimum Gasteiger partial charge on any atom is -0.316 e. The van der Waals surface area contributed by atoms with Crippen molar-refractivity contribution in [3.05, 3.63) is 43.8 Å². The third kappa shape index (κ3) is 4.43. The summed E-state index contributed by atoms with van der Waals surface area (Å²) in [6.45, 7) is 19.4. The first kappa shape index (κ1) is 25.2. The molecule has 2 nitrogen and oxygen atoms in total. The molecular formula is C30H50N2Si. The summed E-state index contributed by atoms with van der Waals surface area (Å²) in [5.41, 5.74) is 9.63. The second-order valence-corrected chi connectivity index (χ2v) is 15.0. The second-order valence-electron chi connectivity index (χ2n) is 11.9. The standard InChI is InChI=1S/C30H50N2Si/c1-19-20(2)24(6)29(23(19)5)33(31-27-15-11-9-12-16-27,32-28-17-13-10-14-18-28)30-25(7)21(3)22(4)26(30)8/h19,21,27-28,31-32H,9-18H2,1-8H3. The number of hydrogen-bond acceptors (Lipinski definition) is 2. The maximum atomic E-state index is 4.55. The van der Waals surface area contributed by atoms with E-state index in [4.69, 9.17) is 0 Å². The van der Waals surface area contributed by atoms with E-state index in [0.717, 1.165) is 0 Å². The quantitative estimate of drug-likeness (QED) is 0.388. The molecule has 3 heteroatoms. The topological polar surface area (TPSA) is 24.1 Å². The molecular weight excluding hydrogens is 416 g/mol. The van der Waals surface area contributed by atoms with Crippen molar-refractivity contribution < 1.29 is 0 Å². The van der Waals surface area contributed by atoms with Crippen molar-refractivity contribution in [2.75, 3.05) is 0 Å². The summed E-state index contributed by atoms with van der Waals surface area (Å²) in [5.74, 6) is 1.14. The van der Waals surface area contributed by atoms with Crippen molar-refractivity contribution in [3.63, 3.8) is 0 Å². The fourth-order valence-electron chi connectivity index (χ4n) is 7.43. The number of hydrogen-bond donors (Lipinski definition) is 2. The molecule has 0 bridgehead atoms. The summed E-state index contributed by atoms with van der Waals surface area (Å²) < 4.78 is 0. The highest BCUT2D eigenvalue weighted by Gasteiger charge is 2.51. The van der Waals surface area contributed by atoms with Gasteiger partial charge in [0, 0.05) is 12.1 Å². The molecule has 2 atom stereocenters. The third-order valence-corrected chi connectivity index (χ3v) is 14.8. The highest BCUT2D eigenvalue weighted by Crippen LogP contribution is 2.48. The van der Waals surface area contributed by atoms with Crippen LogP contribution in [0.15, 0.2) is 43.8 Å². The van der Waals surface area contributed by atoms with Crippen molar-refractivity contribution in [2.45, 2.75) is 132 Å². The van der Waals surface area contributed by atoms with E-state index in [-0.39, 0.29) is 0 Å². The first-order chi connectivity index (χ1) is 15.7. The van der Waals surface area contributed by atoms with E-state index < -0.39 is 8.40 Å². The third-order valence-electron chi connectivity index (χ3n) is 10.1. The lowest BCUT2D eigenvalue weighted by molar-refractivity contribution is 0.392. The van der Waals surface area contributed by atoms with Gasteiger partial charge in [0.1, 0.15) is 0 Å². The van der Waals surface area contributed by atoms with Gasteiger partial charge in [-0.2, -0.15) is 0 Å². The lowest BCUT2D eigenvalue weighted by atomic mass is 9.96. The SMILES string of the molecule is CC1=C(C)C(C)C(C)=C1[Si](NC1CCCCC1)(NC1CCCCC1)C1=C(C)C(C)C(C)=C1C. The summed E-state index contributed by atoms with van der Waals surface area (Å²) in [6, 6.07) is 1.30. The molecule has 0 spiro atoms. The van der Waals surface area contributed by atoms with E-state index in [1.54, 1.807) is 43.8 Å². The Labute approximate surface area is 205 Å². The monoisotopic (exact) mass is 466 g/mol. The van der Waals surface area contributed by atoms with Gasteiger partial charge in [-0.05, 0) is 101 Å². The Hall–Kier alpha value is -0.903. The fraction of sp³-hybridized carbons (Fsp3) is 0.733. The summed E-state index contributed by atoms with van der Waals surface area (Å²) in [6.07, 6.45) is 13.7. The zero-order chi connectivity index (χ0) is 23.9. The first-order valence-electron chi connectivity index (χ1n) is 14.0. The average molecular weight is 467 g/mol. The van der Waals surface area contributed by atoms with Crippen LogP contribution in [0.5, 0.6) is 0 Å². The highest BCUT2D eigenvalue weighted by molar-refractivity contribution is 6.90. The van der Waals surface area contributed by atoms with E-state index in [2.05, 4.69) is 65.4 Å². The van der Waals surface area contributed by atoms with E-state index in [1.165, 1.54) is 64.2 Å². The van der Waals surface area contributed by atoms with Crippen LogP contribution in [-0.4, -0.2) is 20.5 Å². The van der Waals surface area contributed by atoms with Gasteiger partial charge in [-0.15, -0.1) is 0 Å². The van der Waals surface area contributed by atoms with Gasteiger partial charge in [0.2, 0.25) is 0 Å². The van der Waals surface area contributed by atoms with Gasteiger partial charge in [0.15, 0.2) is 0 Å². The van der Waals surface area contributed by atoms with Crippen molar-refractivity contribution in [3.8, 4) is 0 Å². The van der Waals surface area contributed by atoms with Crippen LogP contribution in [0.4, 0.5) is 0 Å². The Balaban J connectivity index is 1.93. The van der Waals surface area contributed by atoms with Crippen LogP contribution in [0.2, 0.25) is 0 Å². The van der Waals surface area contributed by atoms with Gasteiger partial charge in [-0.1, -0.05) is 74.7 Å². The molecule has 0 amide bonds. The first-order valence-corrected chi connectivity index (χ1v) is 16.0. The molecule has 2 N–H and O–H groups in total. The molecule has 0 radical (unpaired) electrons. The molecule has 33 heavy (non-hydrogen) atoms. The summed E-state index contributed by atoms with van der Waals surface area (Å²) in [5, 5.41) is 3.42. The predicted octanol–water partition coefficient (Wildman–Crippen LogP) is 7.96. The van der Waals surface area contributed by atoms with Gasteiger partial charge in [0.25, 0.3) is 8.40 Å². The molecule has 184 valence electrons. The molecule has 4 aliphatic carbocycles. The normalized spacial score (nSPS) is 28.7. The molecule has 2 saturated carbocycles. The molecule has 0 heterocycles. The largest absolute Gasteiger partial charge is 0.316 e. The number of rotatable bonds is 6. The molecule has 0 aromatic heterocycles. The predicted molar refractivity (Wildman–Crippen MR) is 146 cm³/mol. The minimum atomic E-state index is -2.38. The van der Waals surface area contributed by atoms with Crippen LogP contribution in [0.25, 0.3) is 0 Å². The molecule has 4 rings (SSSR count). The van der Waals surface area contributed by atoms with Crippen molar-refractivity contribution in [2.24, 2.45) is 11.8 Å². The van der Waals surface area contributed by atoms with Crippen LogP contribution in [0.3, 0.4) is 0 Å². The van der Waals surface area contributed by atoms with E-state index in [0.29, 0.717) is 23.9 Å². The van der Waals surface area contributed by atoms with Crippen molar-refractivity contribution in [1.29, 1.82) is 0 Å². The Morgan fingerprint density at radius 2 is 0.848 bits per heavy atom. The summed E-state index contributed by atoms with van der Waals surface area (Å²) in [7, 11) is -2.38. The molecule has 2 unspecified atom stereocenters. The van der Waals surface area contributed by atoms with Crippen LogP contribution < -0.4 is 9.96 Å². The summed E-state index contributed by atoms with van der Waals surface area (Å²) >= 11 is 0. The average Bonchev–Trinajstić information content (AvgIpc) is 3.13. The van der Waals surface area contributed by atoms with Crippen molar-refractivity contribution >= 4 is 8.40 Å². The molecule has 2 fully saturated rings. The zero-order valence-electron chi connectivity index (χ0n) is 22.9. The van der Waals surface area contributed by atoms with Crippen LogP contribution in [0, 0.1) is 11.8 Å². The Morgan fingerprint density at radius 1 is 0.515 bits per heavy atom. The lowest BCUT2D eigenvalue weighted by Gasteiger charge is -2.45. The molecule has 0 aromatic carbocycles. The minimum absolute atomic E-state index is 0.568. The molecule has 0 aromatic rings. The number of allylic oxidation sites excluding steroid dienone is 8. The lowest BCUT2D eigenvalue weighted by Crippen LogP contribution is -2.71. The maximum Gasteiger partial charge on any atom is 0.268 e. The zero-order valence-corrected chi connectivity index (χ0v) is 23.9. The Morgan fingerprint density at radius 3 is 1.12 bits per heavy atom. The second kappa shape index (κ2) is 9.99. The van der Waals surface area contributed by atoms with Gasteiger partial charge < -0.3 is 9.96 Å². The van der Waals surface area contributed by atoms with Gasteiger partial charge in [-0.25, -0.2) is 0 Å². The van der Waals surface area contributed by atoms with Gasteiger partial charge >= 0.3 is 0 Å². The highest BCUT2D eigenvalue weighted by atomic mass is 28.3. The Kier molecular flexibility index (Phi) is 7.63. The molecule has 0 aliphatic heterocycles. The maximum absolute atomic E-state index is 4.55. The van der Waals surface area contributed by atoms with Crippen LogP contribution in [0.1, 0.15) is 120 Å². The van der Waals surface area contributed by atoms with Gasteiger partial charge in [-0.3, -0.25) is 0 Å². The molecule has 4 aliphatic rings.